The number of nitrogens with zero attached hydrogens (tertiary/aromatic N) is 1. The summed E-state index contributed by atoms with van der Waals surface area (Å²) in [5, 5.41) is 0. The minimum absolute atomic E-state index is 0.137. The van der Waals surface area contributed by atoms with Gasteiger partial charge in [-0.25, -0.2) is 0 Å². The molecular formula is C127H243NO2. The van der Waals surface area contributed by atoms with Gasteiger partial charge in [0.25, 0.3) is 0 Å². The molecule has 0 amide bonds. The zero-order valence-electron chi connectivity index (χ0n) is 90.5. The van der Waals surface area contributed by atoms with Crippen molar-refractivity contribution in [3.8, 4) is 5.75 Å². The van der Waals surface area contributed by atoms with E-state index in [1.807, 2.05) is 0 Å². The number of hydrogen-bond donors (Lipinski definition) is 0. The third-order valence-corrected chi connectivity index (χ3v) is 32.5. The lowest BCUT2D eigenvalue weighted by Gasteiger charge is -2.45. The number of ketones is 1. The summed E-state index contributed by atoms with van der Waals surface area (Å²) in [6.07, 6.45) is 161. The molecule has 3 unspecified atom stereocenters. The van der Waals surface area contributed by atoms with E-state index in [1.54, 1.807) is 0 Å². The van der Waals surface area contributed by atoms with E-state index >= 15 is 0 Å². The Morgan fingerprint density at radius 1 is 0.246 bits per heavy atom. The van der Waals surface area contributed by atoms with E-state index in [0.717, 1.165) is 18.7 Å². The highest BCUT2D eigenvalue weighted by Crippen LogP contribution is 2.45. The highest BCUT2D eigenvalue weighted by molar-refractivity contribution is 5.81. The van der Waals surface area contributed by atoms with Crippen molar-refractivity contribution in [1.29, 1.82) is 0 Å². The number of rotatable bonds is 3. The SMILES string of the molecule is CC(C)Oc1cccc(C23CCCCCCCCCCCCCCCCCCCCCCCCCCCCCCCCCCCCCCCCCCCCCCCCCCCCCCCCCCCCCCCCCCCCCCCCCCCCCCCCCCCCCCCCCCCCCCCCCCCCCCCCCCCCCC(CC(=O)C2)N(C)CC3C)c1. The maximum atomic E-state index is 14.4. The molecule has 1 aromatic rings. The molecule has 2 saturated heterocycles. The zero-order chi connectivity index (χ0) is 92.3. The molecule has 1 aromatic carbocycles. The largest absolute Gasteiger partial charge is 0.491 e. The Bertz CT molecular complexity index is 2280. The third-order valence-electron chi connectivity index (χ3n) is 32.5. The van der Waals surface area contributed by atoms with Crippen LogP contribution in [0.3, 0.4) is 0 Å². The molecule has 2 bridgehead atoms. The maximum Gasteiger partial charge on any atom is 0.135 e. The van der Waals surface area contributed by atoms with Gasteiger partial charge in [-0.1, -0.05) is 706 Å². The van der Waals surface area contributed by atoms with Crippen LogP contribution in [0.5, 0.6) is 5.75 Å². The molecule has 1 saturated carbocycles. The molecule has 2 heterocycles. The summed E-state index contributed by atoms with van der Waals surface area (Å²) >= 11 is 0. The summed E-state index contributed by atoms with van der Waals surface area (Å²) in [5.74, 6) is 1.85. The van der Waals surface area contributed by atoms with E-state index in [1.165, 1.54) is 699 Å². The molecule has 3 nitrogen and oxygen atoms in total. The normalized spacial score (nSPS) is 25.4. The van der Waals surface area contributed by atoms with E-state index in [0.29, 0.717) is 30.6 Å². The van der Waals surface area contributed by atoms with Crippen molar-refractivity contribution in [3.05, 3.63) is 29.8 Å². The lowest BCUT2D eigenvalue weighted by atomic mass is 9.63. The molecule has 1 aliphatic carbocycles. The lowest BCUT2D eigenvalue weighted by molar-refractivity contribution is -0.123. The molecule has 3 aliphatic rings. The quantitative estimate of drug-likeness (QED) is 0.302. The summed E-state index contributed by atoms with van der Waals surface area (Å²) in [6.45, 7) is 7.80. The van der Waals surface area contributed by atoms with Gasteiger partial charge in [-0.2, -0.15) is 0 Å². The van der Waals surface area contributed by atoms with Crippen LogP contribution in [0.1, 0.15) is 739 Å². The Kier molecular flexibility index (Phi) is 95.1. The van der Waals surface area contributed by atoms with Crippen molar-refractivity contribution in [2.24, 2.45) is 5.92 Å². The van der Waals surface area contributed by atoms with Crippen LogP contribution in [0.15, 0.2) is 24.3 Å². The first-order valence-electron chi connectivity index (χ1n) is 62.4. The number of carbonyl (C=O) groups is 1. The fourth-order valence-corrected chi connectivity index (χ4v) is 23.5. The fourth-order valence-electron chi connectivity index (χ4n) is 23.5. The molecule has 3 fully saturated rings. The molecule has 2 aliphatic heterocycles. The van der Waals surface area contributed by atoms with Crippen LogP contribution >= 0.6 is 0 Å². The monoisotopic (exact) mass is 1810 g/mol. The molecular weight excluding hydrogens is 1570 g/mol. The summed E-state index contributed by atoms with van der Waals surface area (Å²) in [7, 11) is 2.34. The Balaban J connectivity index is 1.18. The van der Waals surface area contributed by atoms with E-state index < -0.39 is 0 Å². The van der Waals surface area contributed by atoms with Gasteiger partial charge in [-0.15, -0.1) is 0 Å². The van der Waals surface area contributed by atoms with Gasteiger partial charge in [0.05, 0.1) is 6.10 Å². The van der Waals surface area contributed by atoms with Crippen LogP contribution in [0.4, 0.5) is 0 Å². The van der Waals surface area contributed by atoms with Crippen LogP contribution < -0.4 is 4.74 Å². The smallest absolute Gasteiger partial charge is 0.135 e. The van der Waals surface area contributed by atoms with Crippen molar-refractivity contribution >= 4 is 5.78 Å². The second-order valence-electron chi connectivity index (χ2n) is 45.6. The Morgan fingerprint density at radius 2 is 0.408 bits per heavy atom. The maximum absolute atomic E-state index is 14.4. The van der Waals surface area contributed by atoms with Crippen molar-refractivity contribution in [1.82, 2.24) is 4.90 Å². The Labute approximate surface area is 821 Å². The van der Waals surface area contributed by atoms with Crippen LogP contribution in [0.25, 0.3) is 0 Å². The van der Waals surface area contributed by atoms with Gasteiger partial charge in [0, 0.05) is 30.8 Å². The standard InChI is InChI=1S/C127H243NO2/c1-121(2)130-126-115-112-113-123(117-126)127-116-111-109-107-105-103-101-99-97-95-93-91-89-87-85-83-81-79-77-75-73-71-69-67-65-63-61-59-57-55-53-51-49-47-45-43-41-39-37-35-33-31-29-27-25-23-21-19-17-15-13-11-9-7-5-6-8-10-12-14-16-18-20-22-24-26-28-30-32-34-36-38-40-42-44-46-48-50-52-54-56-58-60-62-64-66-68-70-72-74-76-78-80-82-84-86-88-90-92-94-96-98-100-102-104-106-108-110-114-124(118-125(129)119-127)128(4)120-122(127)3/h112-113,115,117,121-122,124H,5-111,114,116,118-120H2,1-4H3. The lowest BCUT2D eigenvalue weighted by Crippen LogP contribution is -2.48. The molecule has 768 valence electrons. The second kappa shape index (κ2) is 101. The van der Waals surface area contributed by atoms with Crippen molar-refractivity contribution in [3.63, 3.8) is 0 Å². The minimum atomic E-state index is -0.141. The summed E-state index contributed by atoms with van der Waals surface area (Å²) < 4.78 is 6.30. The van der Waals surface area contributed by atoms with E-state index in [2.05, 4.69) is 57.0 Å². The molecule has 0 spiro atoms. The van der Waals surface area contributed by atoms with Gasteiger partial charge in [-0.3, -0.25) is 4.79 Å². The molecule has 4 rings (SSSR count). The molecule has 3 heteroatoms. The van der Waals surface area contributed by atoms with E-state index in [-0.39, 0.29) is 11.5 Å². The first-order chi connectivity index (χ1) is 64.4. The van der Waals surface area contributed by atoms with Crippen molar-refractivity contribution in [2.45, 2.75) is 751 Å². The number of benzene rings is 1. The Hall–Kier alpha value is -1.35. The molecule has 3 atom stereocenters. The topological polar surface area (TPSA) is 29.5 Å². The summed E-state index contributed by atoms with van der Waals surface area (Å²) in [4.78, 5) is 17.0. The first-order valence-corrected chi connectivity index (χ1v) is 62.4. The second-order valence-corrected chi connectivity index (χ2v) is 45.6. The molecule has 130 heavy (non-hydrogen) atoms. The average Bonchev–Trinajstić information content (AvgIpc) is 0.771. The predicted molar refractivity (Wildman–Crippen MR) is 587 cm³/mol. The van der Waals surface area contributed by atoms with E-state index in [4.69, 9.17) is 4.74 Å². The van der Waals surface area contributed by atoms with Crippen LogP contribution in [0.2, 0.25) is 0 Å². The molecule has 0 aromatic heterocycles. The Morgan fingerprint density at radius 3 is 0.577 bits per heavy atom. The summed E-state index contributed by atoms with van der Waals surface area (Å²) in [6, 6.07) is 9.34. The number of ether oxygens (including phenoxy) is 1. The predicted octanol–water partition coefficient (Wildman–Crippen LogP) is 45.5. The third kappa shape index (κ3) is 83.6. The number of carbonyl (C=O) groups excluding carboxylic acids is 1. The average molecular weight is 1820 g/mol. The summed E-state index contributed by atoms with van der Waals surface area (Å²) in [5.41, 5.74) is 1.20. The van der Waals surface area contributed by atoms with Gasteiger partial charge < -0.3 is 9.64 Å². The van der Waals surface area contributed by atoms with Crippen molar-refractivity contribution < 1.29 is 9.53 Å². The minimum Gasteiger partial charge on any atom is -0.491 e. The molecule has 0 N–H and O–H groups in total. The van der Waals surface area contributed by atoms with E-state index in [9.17, 15) is 4.79 Å². The van der Waals surface area contributed by atoms with Gasteiger partial charge in [0.1, 0.15) is 11.5 Å². The number of fused-ring (bicyclic) bond motifs is 112. The first kappa shape index (κ1) is 123. The van der Waals surface area contributed by atoms with Crippen LogP contribution in [-0.4, -0.2) is 36.4 Å². The van der Waals surface area contributed by atoms with Crippen molar-refractivity contribution in [2.75, 3.05) is 13.6 Å². The van der Waals surface area contributed by atoms with Gasteiger partial charge in [-0.05, 0) is 57.4 Å². The number of hydrogen-bond acceptors (Lipinski definition) is 3. The van der Waals surface area contributed by atoms with Gasteiger partial charge in [0.2, 0.25) is 0 Å². The molecule has 0 radical (unpaired) electrons. The fraction of sp³-hybridized carbons (Fsp3) is 0.945. The number of Topliss-reactive ketones (excluding diaryl/α,β-unsaturated/α-hetero) is 1. The van der Waals surface area contributed by atoms with Crippen LogP contribution in [0, 0.1) is 5.92 Å². The highest BCUT2D eigenvalue weighted by atomic mass is 16.5. The highest BCUT2D eigenvalue weighted by Gasteiger charge is 2.43. The van der Waals surface area contributed by atoms with Crippen LogP contribution in [-0.2, 0) is 10.2 Å². The van der Waals surface area contributed by atoms with Gasteiger partial charge >= 0.3 is 0 Å². The zero-order valence-corrected chi connectivity index (χ0v) is 90.5. The van der Waals surface area contributed by atoms with Gasteiger partial charge in [0.15, 0.2) is 0 Å².